The van der Waals surface area contributed by atoms with E-state index in [1.165, 1.54) is 27.0 Å². The van der Waals surface area contributed by atoms with Crippen molar-refractivity contribution in [3.63, 3.8) is 0 Å². The van der Waals surface area contributed by atoms with Crippen molar-refractivity contribution in [2.75, 3.05) is 24.3 Å². The summed E-state index contributed by atoms with van der Waals surface area (Å²) < 4.78 is 61.0. The van der Waals surface area contributed by atoms with Crippen molar-refractivity contribution in [2.24, 2.45) is 0 Å². The molecule has 0 bridgehead atoms. The molecule has 31 heavy (non-hydrogen) atoms. The Kier molecular flexibility index (Phi) is 5.92. The third kappa shape index (κ3) is 4.61. The quantitative estimate of drug-likeness (QED) is 0.558. The van der Waals surface area contributed by atoms with E-state index in [1.54, 1.807) is 18.2 Å². The summed E-state index contributed by atoms with van der Waals surface area (Å²) in [5, 5.41) is 16.0. The monoisotopic (exact) mass is 440 g/mol. The van der Waals surface area contributed by atoms with Gasteiger partial charge in [-0.25, -0.2) is 4.39 Å². The van der Waals surface area contributed by atoms with E-state index in [2.05, 4.69) is 10.6 Å². The smallest absolute Gasteiger partial charge is 0.418 e. The first-order chi connectivity index (χ1) is 14.4. The highest BCUT2D eigenvalue weighted by Gasteiger charge is 2.56. The number of hydrogen-bond acceptors (Lipinski definition) is 4. The lowest BCUT2D eigenvalue weighted by Crippen LogP contribution is -2.53. The number of anilines is 2. The molecule has 9 heteroatoms. The number of alkyl halides is 3. The maximum atomic E-state index is 14.0. The second-order valence-corrected chi connectivity index (χ2v) is 8.34. The molecule has 0 aliphatic carbocycles. The topological polar surface area (TPSA) is 70.6 Å². The van der Waals surface area contributed by atoms with Crippen LogP contribution in [-0.4, -0.2) is 36.4 Å². The summed E-state index contributed by atoms with van der Waals surface area (Å²) in [7, 11) is 1.34. The number of halogens is 4. The summed E-state index contributed by atoms with van der Waals surface area (Å²) in [5.74, 6) is -0.640. The fourth-order valence-corrected chi connectivity index (χ4v) is 3.95. The van der Waals surface area contributed by atoms with Crippen LogP contribution in [0.3, 0.4) is 0 Å². The highest BCUT2D eigenvalue weighted by molar-refractivity contribution is 6.01. The number of hydrogen-bond donors (Lipinski definition) is 3. The Morgan fingerprint density at radius 2 is 1.90 bits per heavy atom. The molecule has 5 nitrogen and oxygen atoms in total. The number of amides is 1. The number of benzene rings is 2. The Labute approximate surface area is 177 Å². The van der Waals surface area contributed by atoms with Crippen molar-refractivity contribution in [2.45, 2.75) is 43.9 Å². The van der Waals surface area contributed by atoms with Crippen molar-refractivity contribution in [1.82, 2.24) is 0 Å². The van der Waals surface area contributed by atoms with Gasteiger partial charge >= 0.3 is 6.18 Å². The summed E-state index contributed by atoms with van der Waals surface area (Å²) in [6.07, 6.45) is -5.68. The van der Waals surface area contributed by atoms with Gasteiger partial charge in [-0.3, -0.25) is 4.79 Å². The maximum Gasteiger partial charge on any atom is 0.418 e. The van der Waals surface area contributed by atoms with E-state index in [4.69, 9.17) is 4.74 Å². The molecular weight excluding hydrogens is 416 g/mol. The fraction of sp³-hybridized carbons (Fsp3) is 0.409. The van der Waals surface area contributed by atoms with Gasteiger partial charge in [0, 0.05) is 22.5 Å². The highest BCUT2D eigenvalue weighted by Crippen LogP contribution is 2.44. The molecule has 1 amide bonds. The van der Waals surface area contributed by atoms with Crippen molar-refractivity contribution < 1.29 is 32.2 Å². The SMILES string of the molecule is COc1ccc(F)cc1C(C)(C)CC(O)(CNc1cccc2c1CC(=O)N2)C(F)(F)F. The molecule has 1 atom stereocenters. The Balaban J connectivity index is 1.90. The second kappa shape index (κ2) is 8.03. The molecule has 1 aliphatic rings. The summed E-state index contributed by atoms with van der Waals surface area (Å²) in [5.41, 5.74) is -2.80. The standard InChI is InChI=1S/C22H24F4N2O3/c1-20(2,15-9-13(23)7-8-18(15)31-3)11-21(30,22(24,25)26)12-27-16-5-4-6-17-14(16)10-19(29)28-17/h4-9,27,30H,10-12H2,1-3H3,(H,28,29). The van der Waals surface area contributed by atoms with E-state index in [0.29, 0.717) is 16.9 Å². The largest absolute Gasteiger partial charge is 0.496 e. The lowest BCUT2D eigenvalue weighted by molar-refractivity contribution is -0.260. The van der Waals surface area contributed by atoms with Crippen molar-refractivity contribution >= 4 is 17.3 Å². The summed E-state index contributed by atoms with van der Waals surface area (Å²) in [6, 6.07) is 8.42. The number of methoxy groups -OCH3 is 1. The number of rotatable bonds is 7. The van der Waals surface area contributed by atoms with Crippen molar-refractivity contribution in [1.29, 1.82) is 0 Å². The summed E-state index contributed by atoms with van der Waals surface area (Å²) in [4.78, 5) is 11.6. The number of carbonyl (C=O) groups is 1. The Bertz CT molecular complexity index is 991. The first-order valence-corrected chi connectivity index (χ1v) is 9.65. The lowest BCUT2D eigenvalue weighted by Gasteiger charge is -2.38. The number of ether oxygens (including phenoxy) is 1. The van der Waals surface area contributed by atoms with Crippen LogP contribution in [0.15, 0.2) is 36.4 Å². The predicted molar refractivity (Wildman–Crippen MR) is 109 cm³/mol. The van der Waals surface area contributed by atoms with Gasteiger partial charge in [0.2, 0.25) is 5.91 Å². The zero-order valence-corrected chi connectivity index (χ0v) is 17.4. The van der Waals surface area contributed by atoms with E-state index >= 15 is 0 Å². The maximum absolute atomic E-state index is 14.0. The number of aliphatic hydroxyl groups is 1. The summed E-state index contributed by atoms with van der Waals surface area (Å²) >= 11 is 0. The van der Waals surface area contributed by atoms with Gasteiger partial charge in [-0.15, -0.1) is 0 Å². The van der Waals surface area contributed by atoms with Crippen LogP contribution in [0.2, 0.25) is 0 Å². The van der Waals surface area contributed by atoms with Gasteiger partial charge in [-0.05, 0) is 42.2 Å². The average molecular weight is 440 g/mol. The molecule has 0 saturated heterocycles. The lowest BCUT2D eigenvalue weighted by atomic mass is 9.74. The fourth-order valence-electron chi connectivity index (χ4n) is 3.95. The first kappa shape index (κ1) is 22.9. The number of fused-ring (bicyclic) bond motifs is 1. The van der Waals surface area contributed by atoms with Crippen LogP contribution in [0.5, 0.6) is 5.75 Å². The van der Waals surface area contributed by atoms with Crippen molar-refractivity contribution in [3.05, 3.63) is 53.3 Å². The van der Waals surface area contributed by atoms with Crippen LogP contribution in [0.4, 0.5) is 28.9 Å². The predicted octanol–water partition coefficient (Wildman–Crippen LogP) is 4.40. The van der Waals surface area contributed by atoms with E-state index in [1.807, 2.05) is 0 Å². The Morgan fingerprint density at radius 3 is 2.55 bits per heavy atom. The van der Waals surface area contributed by atoms with Crippen LogP contribution in [0.25, 0.3) is 0 Å². The van der Waals surface area contributed by atoms with Gasteiger partial charge in [0.1, 0.15) is 11.6 Å². The van der Waals surface area contributed by atoms with Crippen LogP contribution >= 0.6 is 0 Å². The molecule has 1 aliphatic heterocycles. The van der Waals surface area contributed by atoms with Crippen LogP contribution in [0, 0.1) is 5.82 Å². The molecule has 0 aromatic heterocycles. The van der Waals surface area contributed by atoms with E-state index in [-0.39, 0.29) is 23.6 Å². The molecule has 1 heterocycles. The molecule has 2 aromatic carbocycles. The van der Waals surface area contributed by atoms with Crippen LogP contribution in [0.1, 0.15) is 31.4 Å². The molecule has 1 unspecified atom stereocenters. The minimum absolute atomic E-state index is 0.0366. The van der Waals surface area contributed by atoms with Gasteiger partial charge in [0.15, 0.2) is 5.60 Å². The van der Waals surface area contributed by atoms with Gasteiger partial charge in [0.05, 0.1) is 20.1 Å². The van der Waals surface area contributed by atoms with Crippen LogP contribution < -0.4 is 15.4 Å². The van der Waals surface area contributed by atoms with Crippen molar-refractivity contribution in [3.8, 4) is 5.75 Å². The molecule has 0 saturated carbocycles. The van der Waals surface area contributed by atoms with E-state index in [9.17, 15) is 27.5 Å². The average Bonchev–Trinajstić information content (AvgIpc) is 3.06. The normalized spacial score (nSPS) is 15.8. The van der Waals surface area contributed by atoms with Gasteiger partial charge in [-0.1, -0.05) is 19.9 Å². The zero-order valence-electron chi connectivity index (χ0n) is 17.4. The molecule has 0 radical (unpaired) electrons. The molecule has 3 N–H and O–H groups in total. The molecule has 3 rings (SSSR count). The Hall–Kier alpha value is -2.81. The number of nitrogens with one attached hydrogen (secondary N) is 2. The highest BCUT2D eigenvalue weighted by atomic mass is 19.4. The van der Waals surface area contributed by atoms with Gasteiger partial charge < -0.3 is 20.5 Å². The minimum atomic E-state index is -4.97. The van der Waals surface area contributed by atoms with Gasteiger partial charge in [0.25, 0.3) is 0 Å². The third-order valence-electron chi connectivity index (χ3n) is 5.51. The number of carbonyl (C=O) groups excluding carboxylic acids is 1. The summed E-state index contributed by atoms with van der Waals surface area (Å²) in [6.45, 7) is 2.13. The molecule has 168 valence electrons. The Morgan fingerprint density at radius 1 is 1.19 bits per heavy atom. The molecule has 0 fully saturated rings. The van der Waals surface area contributed by atoms with Gasteiger partial charge in [-0.2, -0.15) is 13.2 Å². The molecular formula is C22H24F4N2O3. The van der Waals surface area contributed by atoms with Crippen LogP contribution in [-0.2, 0) is 16.6 Å². The van der Waals surface area contributed by atoms with E-state index in [0.717, 1.165) is 12.1 Å². The second-order valence-electron chi connectivity index (χ2n) is 8.34. The zero-order chi connectivity index (χ0) is 23.0. The first-order valence-electron chi connectivity index (χ1n) is 9.65. The van der Waals surface area contributed by atoms with E-state index < -0.39 is 36.0 Å². The molecule has 2 aromatic rings. The molecule has 0 spiro atoms. The third-order valence-corrected chi connectivity index (χ3v) is 5.51. The minimum Gasteiger partial charge on any atom is -0.496 e.